The second-order valence-electron chi connectivity index (χ2n) is 5.14. The maximum atomic E-state index is 14.7. The minimum absolute atomic E-state index is 0.00555. The molecule has 0 aromatic heterocycles. The molecule has 19 heavy (non-hydrogen) atoms. The quantitative estimate of drug-likeness (QED) is 0.435. The molecule has 1 spiro atoms. The molecule has 0 bridgehead atoms. The van der Waals surface area contributed by atoms with Gasteiger partial charge in [0.1, 0.15) is 5.54 Å². The van der Waals surface area contributed by atoms with Crippen LogP contribution in [-0.4, -0.2) is 46.9 Å². The summed E-state index contributed by atoms with van der Waals surface area (Å²) in [5.41, 5.74) is -3.94. The van der Waals surface area contributed by atoms with Crippen LogP contribution < -0.4 is 10.6 Å². The largest absolute Gasteiger partial charge is 0.464 e. The monoisotopic (exact) mass is 272 g/mol. The fourth-order valence-electron chi connectivity index (χ4n) is 3.51. The SMILES string of the molecule is CCOC(=O)[C@@]1(F)[C@@H]2[C@@H](O)C[C@]3(NC(=O)NC3=O)[C@@H]21. The van der Waals surface area contributed by atoms with Crippen molar-refractivity contribution in [2.24, 2.45) is 11.8 Å². The van der Waals surface area contributed by atoms with E-state index in [0.29, 0.717) is 0 Å². The van der Waals surface area contributed by atoms with E-state index in [2.05, 4.69) is 10.1 Å². The summed E-state index contributed by atoms with van der Waals surface area (Å²) in [5.74, 6) is -3.86. The van der Waals surface area contributed by atoms with Crippen LogP contribution in [0.2, 0.25) is 0 Å². The van der Waals surface area contributed by atoms with Gasteiger partial charge in [0.15, 0.2) is 0 Å². The standard InChI is InChI=1S/C11H13FN2O5/c1-2-19-8(17)11(12)5-4(15)3-10(6(5)11)7(16)13-9(18)14-10/h4-6,15H,2-3H2,1H3,(H2,13,14,16,18)/t4-,5+,6+,10-,11+/m0/s1. The number of fused-ring (bicyclic) bond motifs is 2. The number of urea groups is 1. The van der Waals surface area contributed by atoms with E-state index in [9.17, 15) is 23.9 Å². The second-order valence-corrected chi connectivity index (χ2v) is 5.14. The minimum atomic E-state index is -2.40. The zero-order valence-electron chi connectivity index (χ0n) is 10.1. The lowest BCUT2D eigenvalue weighted by Gasteiger charge is -2.26. The molecule has 3 N–H and O–H groups in total. The molecule has 3 rings (SSSR count). The molecule has 104 valence electrons. The molecule has 5 atom stereocenters. The number of rotatable bonds is 2. The molecule has 3 amide bonds. The van der Waals surface area contributed by atoms with Crippen molar-refractivity contribution in [3.05, 3.63) is 0 Å². The topological polar surface area (TPSA) is 105 Å². The van der Waals surface area contributed by atoms with Gasteiger partial charge in [-0.1, -0.05) is 0 Å². The summed E-state index contributed by atoms with van der Waals surface area (Å²) >= 11 is 0. The Bertz CT molecular complexity index is 497. The summed E-state index contributed by atoms with van der Waals surface area (Å²) in [5, 5.41) is 14.2. The van der Waals surface area contributed by atoms with Crippen molar-refractivity contribution >= 4 is 17.9 Å². The van der Waals surface area contributed by atoms with Gasteiger partial charge in [0.25, 0.3) is 5.91 Å². The molecule has 2 saturated carbocycles. The molecule has 3 fully saturated rings. The van der Waals surface area contributed by atoms with Gasteiger partial charge in [-0.25, -0.2) is 14.0 Å². The maximum absolute atomic E-state index is 14.7. The number of aliphatic hydroxyl groups is 1. The summed E-state index contributed by atoms with van der Waals surface area (Å²) in [6, 6.07) is -0.740. The lowest BCUT2D eigenvalue weighted by molar-refractivity contribution is -0.154. The van der Waals surface area contributed by atoms with Crippen molar-refractivity contribution in [1.29, 1.82) is 0 Å². The van der Waals surface area contributed by atoms with Gasteiger partial charge in [-0.05, 0) is 6.92 Å². The first-order valence-electron chi connectivity index (χ1n) is 6.05. The van der Waals surface area contributed by atoms with Crippen LogP contribution in [-0.2, 0) is 14.3 Å². The van der Waals surface area contributed by atoms with Crippen LogP contribution in [0.3, 0.4) is 0 Å². The highest BCUT2D eigenvalue weighted by molar-refractivity contribution is 6.09. The molecule has 2 aliphatic carbocycles. The Balaban J connectivity index is 1.94. The molecule has 0 radical (unpaired) electrons. The predicted octanol–water partition coefficient (Wildman–Crippen LogP) is -1.15. The molecule has 7 nitrogen and oxygen atoms in total. The molecule has 0 aromatic carbocycles. The number of amides is 3. The third-order valence-corrected chi connectivity index (χ3v) is 4.22. The number of ether oxygens (including phenoxy) is 1. The number of imide groups is 1. The fraction of sp³-hybridized carbons (Fsp3) is 0.727. The fourth-order valence-corrected chi connectivity index (χ4v) is 3.51. The van der Waals surface area contributed by atoms with Crippen LogP contribution in [0.4, 0.5) is 9.18 Å². The van der Waals surface area contributed by atoms with E-state index in [1.807, 2.05) is 5.32 Å². The van der Waals surface area contributed by atoms with E-state index in [1.54, 1.807) is 0 Å². The number of esters is 1. The average molecular weight is 272 g/mol. The Morgan fingerprint density at radius 1 is 1.58 bits per heavy atom. The molecular formula is C11H13FN2O5. The second kappa shape index (κ2) is 3.44. The Morgan fingerprint density at radius 2 is 2.26 bits per heavy atom. The third-order valence-electron chi connectivity index (χ3n) is 4.22. The van der Waals surface area contributed by atoms with Crippen LogP contribution in [0, 0.1) is 11.8 Å². The molecule has 1 heterocycles. The van der Waals surface area contributed by atoms with E-state index >= 15 is 0 Å². The van der Waals surface area contributed by atoms with Crippen molar-refractivity contribution in [3.8, 4) is 0 Å². The van der Waals surface area contributed by atoms with Crippen molar-refractivity contribution in [1.82, 2.24) is 10.6 Å². The van der Waals surface area contributed by atoms with Crippen molar-refractivity contribution < 1.29 is 28.6 Å². The van der Waals surface area contributed by atoms with Gasteiger partial charge < -0.3 is 15.2 Å². The van der Waals surface area contributed by atoms with Gasteiger partial charge in [-0.15, -0.1) is 0 Å². The van der Waals surface area contributed by atoms with Crippen LogP contribution in [0.5, 0.6) is 0 Å². The van der Waals surface area contributed by atoms with Crippen molar-refractivity contribution in [3.63, 3.8) is 0 Å². The minimum Gasteiger partial charge on any atom is -0.464 e. The summed E-state index contributed by atoms with van der Waals surface area (Å²) in [7, 11) is 0. The molecule has 0 aromatic rings. The number of alkyl halides is 1. The van der Waals surface area contributed by atoms with Gasteiger partial charge in [-0.2, -0.15) is 0 Å². The first-order chi connectivity index (χ1) is 8.87. The smallest absolute Gasteiger partial charge is 0.344 e. The van der Waals surface area contributed by atoms with Gasteiger partial charge in [-0.3, -0.25) is 10.1 Å². The summed E-state index contributed by atoms with van der Waals surface area (Å²) in [4.78, 5) is 34.7. The predicted molar refractivity (Wildman–Crippen MR) is 57.5 cm³/mol. The molecule has 3 aliphatic rings. The Kier molecular flexibility index (Phi) is 2.23. The van der Waals surface area contributed by atoms with Crippen LogP contribution in [0.1, 0.15) is 13.3 Å². The van der Waals surface area contributed by atoms with Gasteiger partial charge in [0.05, 0.1) is 12.7 Å². The van der Waals surface area contributed by atoms with Crippen LogP contribution >= 0.6 is 0 Å². The van der Waals surface area contributed by atoms with Gasteiger partial charge in [0.2, 0.25) is 5.67 Å². The lowest BCUT2D eigenvalue weighted by atomic mass is 9.89. The first-order valence-corrected chi connectivity index (χ1v) is 6.05. The summed E-state index contributed by atoms with van der Waals surface area (Å²) < 4.78 is 19.3. The maximum Gasteiger partial charge on any atom is 0.344 e. The molecular weight excluding hydrogens is 259 g/mol. The average Bonchev–Trinajstić information content (AvgIpc) is 2.71. The van der Waals surface area contributed by atoms with E-state index in [-0.39, 0.29) is 13.0 Å². The Hall–Kier alpha value is -1.70. The number of nitrogens with one attached hydrogen (secondary N) is 2. The normalized spacial score (nSPS) is 46.8. The highest BCUT2D eigenvalue weighted by Crippen LogP contribution is 2.68. The van der Waals surface area contributed by atoms with Crippen molar-refractivity contribution in [2.75, 3.05) is 6.61 Å². The zero-order chi connectivity index (χ0) is 14.0. The molecule has 1 saturated heterocycles. The number of carbonyl (C=O) groups excluding carboxylic acids is 3. The van der Waals surface area contributed by atoms with E-state index in [0.717, 1.165) is 0 Å². The highest BCUT2D eigenvalue weighted by Gasteiger charge is 2.87. The highest BCUT2D eigenvalue weighted by atomic mass is 19.1. The number of hydrogen-bond acceptors (Lipinski definition) is 5. The van der Waals surface area contributed by atoms with Gasteiger partial charge >= 0.3 is 12.0 Å². The Morgan fingerprint density at radius 3 is 2.79 bits per heavy atom. The number of carbonyl (C=O) groups is 3. The van der Waals surface area contributed by atoms with Gasteiger partial charge in [0, 0.05) is 18.3 Å². The number of halogens is 1. The molecule has 8 heteroatoms. The summed E-state index contributed by atoms with van der Waals surface area (Å²) in [6.07, 6.45) is -1.26. The third kappa shape index (κ3) is 1.27. The zero-order valence-corrected chi connectivity index (χ0v) is 10.1. The number of hydrogen-bond donors (Lipinski definition) is 3. The molecule has 1 aliphatic heterocycles. The lowest BCUT2D eigenvalue weighted by Crippen LogP contribution is -2.52. The van der Waals surface area contributed by atoms with Crippen molar-refractivity contribution in [2.45, 2.75) is 30.7 Å². The van der Waals surface area contributed by atoms with E-state index in [4.69, 9.17) is 0 Å². The first kappa shape index (κ1) is 12.3. The van der Waals surface area contributed by atoms with E-state index in [1.165, 1.54) is 6.92 Å². The number of aliphatic hydroxyl groups excluding tert-OH is 1. The Labute approximate surface area is 107 Å². The summed E-state index contributed by atoms with van der Waals surface area (Å²) in [6.45, 7) is 1.54. The molecule has 0 unspecified atom stereocenters. The van der Waals surface area contributed by atoms with E-state index < -0.39 is 47.1 Å². The van der Waals surface area contributed by atoms with Crippen LogP contribution in [0.15, 0.2) is 0 Å². The van der Waals surface area contributed by atoms with Crippen LogP contribution in [0.25, 0.3) is 0 Å².